The number of halogens is 2. The Balaban J connectivity index is 1.55. The van der Waals surface area contributed by atoms with Gasteiger partial charge in [0.1, 0.15) is 13.2 Å². The predicted molar refractivity (Wildman–Crippen MR) is 151 cm³/mol. The van der Waals surface area contributed by atoms with E-state index in [-0.39, 0.29) is 24.0 Å². The van der Waals surface area contributed by atoms with Crippen LogP contribution in [0.2, 0.25) is 10.0 Å². The average molecular weight is 576 g/mol. The molecule has 0 radical (unpaired) electrons. The van der Waals surface area contributed by atoms with Gasteiger partial charge < -0.3 is 14.4 Å². The number of nitrogens with zero attached hydrogens (tertiary/aromatic N) is 2. The summed E-state index contributed by atoms with van der Waals surface area (Å²) in [6, 6.07) is 8.78. The Kier molecular flexibility index (Phi) is 9.41. The lowest BCUT2D eigenvalue weighted by atomic mass is 10.0. The Bertz CT molecular complexity index is 1290. The van der Waals surface area contributed by atoms with Crippen LogP contribution >= 0.6 is 35.0 Å². The summed E-state index contributed by atoms with van der Waals surface area (Å²) < 4.78 is 11.7. The van der Waals surface area contributed by atoms with Crippen molar-refractivity contribution in [3.8, 4) is 11.5 Å². The lowest BCUT2D eigenvalue weighted by Gasteiger charge is -2.27. The van der Waals surface area contributed by atoms with Crippen molar-refractivity contribution in [3.05, 3.63) is 74.6 Å². The zero-order valence-electron chi connectivity index (χ0n) is 21.0. The number of thioether (sulfide) groups is 1. The Morgan fingerprint density at radius 3 is 2.55 bits per heavy atom. The van der Waals surface area contributed by atoms with Gasteiger partial charge >= 0.3 is 0 Å². The summed E-state index contributed by atoms with van der Waals surface area (Å²) in [5.74, 6) is 0.300. The molecular formula is C28H28Cl2N2O5S. The van der Waals surface area contributed by atoms with Gasteiger partial charge in [-0.2, -0.15) is 0 Å². The van der Waals surface area contributed by atoms with Crippen molar-refractivity contribution in [2.24, 2.45) is 0 Å². The van der Waals surface area contributed by atoms with Crippen LogP contribution in [0.25, 0.3) is 6.08 Å². The first-order chi connectivity index (χ1) is 18.3. The van der Waals surface area contributed by atoms with Crippen molar-refractivity contribution in [3.63, 3.8) is 0 Å². The first kappa shape index (κ1) is 28.1. The van der Waals surface area contributed by atoms with Crippen LogP contribution in [0, 0.1) is 0 Å². The Morgan fingerprint density at radius 2 is 1.87 bits per heavy atom. The topological polar surface area (TPSA) is 76.2 Å². The lowest BCUT2D eigenvalue weighted by molar-refractivity contribution is -0.136. The molecular weight excluding hydrogens is 547 g/mol. The number of amides is 3. The van der Waals surface area contributed by atoms with Crippen LogP contribution in [-0.4, -0.2) is 53.6 Å². The van der Waals surface area contributed by atoms with Gasteiger partial charge in [-0.1, -0.05) is 35.3 Å². The molecule has 4 rings (SSSR count). The van der Waals surface area contributed by atoms with E-state index in [9.17, 15) is 14.4 Å². The highest BCUT2D eigenvalue weighted by Gasteiger charge is 2.37. The maximum Gasteiger partial charge on any atom is 0.294 e. The number of ether oxygens (including phenoxy) is 2. The molecule has 0 unspecified atom stereocenters. The van der Waals surface area contributed by atoms with Crippen LogP contribution in [0.3, 0.4) is 0 Å². The van der Waals surface area contributed by atoms with E-state index in [1.807, 2.05) is 6.07 Å². The van der Waals surface area contributed by atoms with Crippen LogP contribution in [0.15, 0.2) is 47.9 Å². The number of benzene rings is 2. The first-order valence-electron chi connectivity index (χ1n) is 12.2. The van der Waals surface area contributed by atoms with Crippen LogP contribution in [0.4, 0.5) is 4.79 Å². The Labute approximate surface area is 236 Å². The van der Waals surface area contributed by atoms with E-state index in [4.69, 9.17) is 32.7 Å². The number of piperidine rings is 1. The van der Waals surface area contributed by atoms with Crippen LogP contribution in [-0.2, 0) is 22.6 Å². The third-order valence-electron chi connectivity index (χ3n) is 6.30. The maximum absolute atomic E-state index is 13.0. The number of imide groups is 1. The third kappa shape index (κ3) is 6.54. The summed E-state index contributed by atoms with van der Waals surface area (Å²) in [5, 5.41) is 0.575. The SMILES string of the molecule is C=CCc1cc(/C=C2\SC(=O)N(CC(=O)N3CCCCC3)C2=O)cc(OC)c1OCc1ccc(Cl)cc1Cl. The number of carbonyl (C=O) groups excluding carboxylic acids is 3. The molecule has 0 saturated carbocycles. The molecule has 10 heteroatoms. The monoisotopic (exact) mass is 574 g/mol. The molecule has 0 atom stereocenters. The van der Waals surface area contributed by atoms with Gasteiger partial charge in [0.05, 0.1) is 12.0 Å². The second-order valence-corrected chi connectivity index (χ2v) is 10.8. The van der Waals surface area contributed by atoms with Crippen molar-refractivity contribution in [1.82, 2.24) is 9.80 Å². The van der Waals surface area contributed by atoms with E-state index in [1.54, 1.807) is 41.3 Å². The molecule has 7 nitrogen and oxygen atoms in total. The second kappa shape index (κ2) is 12.7. The molecule has 2 aromatic rings. The predicted octanol–water partition coefficient (Wildman–Crippen LogP) is 6.36. The molecule has 2 fully saturated rings. The molecule has 0 bridgehead atoms. The largest absolute Gasteiger partial charge is 0.493 e. The fourth-order valence-electron chi connectivity index (χ4n) is 4.34. The summed E-state index contributed by atoms with van der Waals surface area (Å²) in [5.41, 5.74) is 2.21. The summed E-state index contributed by atoms with van der Waals surface area (Å²) in [6.45, 7) is 5.11. The van der Waals surface area contributed by atoms with Crippen molar-refractivity contribution in [2.75, 3.05) is 26.7 Å². The number of rotatable bonds is 9. The highest BCUT2D eigenvalue weighted by atomic mass is 35.5. The lowest BCUT2D eigenvalue weighted by Crippen LogP contribution is -2.44. The molecule has 2 aliphatic heterocycles. The van der Waals surface area contributed by atoms with Gasteiger partial charge in [0.15, 0.2) is 11.5 Å². The first-order valence-corrected chi connectivity index (χ1v) is 13.8. The quantitative estimate of drug-likeness (QED) is 0.256. The molecule has 0 aromatic heterocycles. The van der Waals surface area contributed by atoms with Crippen molar-refractivity contribution in [1.29, 1.82) is 0 Å². The van der Waals surface area contributed by atoms with E-state index in [2.05, 4.69) is 6.58 Å². The highest BCUT2D eigenvalue weighted by Crippen LogP contribution is 2.38. The minimum atomic E-state index is -0.479. The van der Waals surface area contributed by atoms with Gasteiger partial charge in [-0.3, -0.25) is 19.3 Å². The standard InChI is InChI=1S/C28H28Cl2N2O5S/c1-3-7-19-12-18(13-23(36-2)26(19)37-17-20-8-9-21(29)15-22(20)30)14-24-27(34)32(28(35)38-24)16-25(33)31-10-5-4-6-11-31/h3,8-9,12-15H,1,4-7,10-11,16-17H2,2H3/b24-14-. The highest BCUT2D eigenvalue weighted by molar-refractivity contribution is 8.18. The average Bonchev–Trinajstić information content (AvgIpc) is 3.16. The number of allylic oxidation sites excluding steroid dienone is 1. The van der Waals surface area contributed by atoms with Crippen molar-refractivity contribution in [2.45, 2.75) is 32.3 Å². The van der Waals surface area contributed by atoms with Crippen molar-refractivity contribution < 1.29 is 23.9 Å². The number of hydrogen-bond donors (Lipinski definition) is 0. The maximum atomic E-state index is 13.0. The van der Waals surface area contributed by atoms with Crippen molar-refractivity contribution >= 4 is 58.1 Å². The fourth-order valence-corrected chi connectivity index (χ4v) is 5.65. The van der Waals surface area contributed by atoms with Gasteiger partial charge in [0.25, 0.3) is 11.1 Å². The van der Waals surface area contributed by atoms with Gasteiger partial charge in [-0.15, -0.1) is 6.58 Å². The summed E-state index contributed by atoms with van der Waals surface area (Å²) in [6.07, 6.45) is 6.81. The molecule has 2 aliphatic rings. The summed E-state index contributed by atoms with van der Waals surface area (Å²) in [4.78, 5) is 41.3. The molecule has 0 spiro atoms. The minimum Gasteiger partial charge on any atom is -0.493 e. The van der Waals surface area contributed by atoms with E-state index in [1.165, 1.54) is 7.11 Å². The van der Waals surface area contributed by atoms with Crippen LogP contribution in [0.5, 0.6) is 11.5 Å². The van der Waals surface area contributed by atoms with Gasteiger partial charge in [-0.05, 0) is 73.4 Å². The molecule has 3 amide bonds. The van der Waals surface area contributed by atoms with E-state index in [0.717, 1.165) is 47.1 Å². The second-order valence-electron chi connectivity index (χ2n) is 8.94. The molecule has 38 heavy (non-hydrogen) atoms. The van der Waals surface area contributed by atoms with E-state index in [0.29, 0.717) is 46.6 Å². The van der Waals surface area contributed by atoms with E-state index >= 15 is 0 Å². The molecule has 2 heterocycles. The summed E-state index contributed by atoms with van der Waals surface area (Å²) >= 11 is 13.1. The number of methoxy groups -OCH3 is 1. The molecule has 2 aromatic carbocycles. The minimum absolute atomic E-state index is 0.194. The zero-order valence-corrected chi connectivity index (χ0v) is 23.3. The number of carbonyl (C=O) groups is 3. The zero-order chi connectivity index (χ0) is 27.2. The van der Waals surface area contributed by atoms with Gasteiger partial charge in [0, 0.05) is 34.3 Å². The Morgan fingerprint density at radius 1 is 1.11 bits per heavy atom. The smallest absolute Gasteiger partial charge is 0.294 e. The fraction of sp³-hybridized carbons (Fsp3) is 0.321. The van der Waals surface area contributed by atoms with E-state index < -0.39 is 11.1 Å². The molecule has 200 valence electrons. The Hall–Kier alpha value is -2.94. The molecule has 0 aliphatic carbocycles. The molecule has 0 N–H and O–H groups in total. The van der Waals surface area contributed by atoms with Crippen LogP contribution < -0.4 is 9.47 Å². The number of likely N-dealkylation sites (tertiary alicyclic amines) is 1. The van der Waals surface area contributed by atoms with Gasteiger partial charge in [0.2, 0.25) is 5.91 Å². The molecule has 2 saturated heterocycles. The number of hydrogen-bond acceptors (Lipinski definition) is 6. The normalized spacial score (nSPS) is 16.8. The van der Waals surface area contributed by atoms with Gasteiger partial charge in [-0.25, -0.2) is 0 Å². The third-order valence-corrected chi connectivity index (χ3v) is 7.79. The van der Waals surface area contributed by atoms with Crippen LogP contribution in [0.1, 0.15) is 36.0 Å². The summed E-state index contributed by atoms with van der Waals surface area (Å²) in [7, 11) is 1.53.